The quantitative estimate of drug-likeness (QED) is 0.866. The Hall–Kier alpha value is -2.41. The molecule has 6 nitrogen and oxygen atoms in total. The number of urea groups is 1. The van der Waals surface area contributed by atoms with Gasteiger partial charge in [0.1, 0.15) is 5.82 Å². The molecular formula is C20H25FN4O2. The van der Waals surface area contributed by atoms with Gasteiger partial charge < -0.3 is 15.4 Å². The second kappa shape index (κ2) is 7.68. The second-order valence-electron chi connectivity index (χ2n) is 7.31. The number of nitrogens with one attached hydrogen (secondary N) is 2. The maximum absolute atomic E-state index is 13.3. The van der Waals surface area contributed by atoms with Crippen molar-refractivity contribution in [3.8, 4) is 0 Å². The fraction of sp³-hybridized carbons (Fsp3) is 0.500. The molecule has 1 fully saturated rings. The molecule has 0 saturated carbocycles. The monoisotopic (exact) mass is 372 g/mol. The van der Waals surface area contributed by atoms with Gasteiger partial charge >= 0.3 is 6.03 Å². The number of rotatable bonds is 4. The Bertz CT molecular complexity index is 799. The minimum atomic E-state index is -0.301. The largest absolute Gasteiger partial charge is 0.376 e. The van der Waals surface area contributed by atoms with Gasteiger partial charge in [0, 0.05) is 24.9 Å². The van der Waals surface area contributed by atoms with Gasteiger partial charge in [0.25, 0.3) is 0 Å². The predicted molar refractivity (Wildman–Crippen MR) is 98.7 cm³/mol. The highest BCUT2D eigenvalue weighted by molar-refractivity contribution is 5.75. The highest BCUT2D eigenvalue weighted by atomic mass is 19.1. The number of aryl methyl sites for hydroxylation is 1. The van der Waals surface area contributed by atoms with Gasteiger partial charge in [0.05, 0.1) is 24.4 Å². The van der Waals surface area contributed by atoms with Crippen molar-refractivity contribution in [1.29, 1.82) is 0 Å². The first-order chi connectivity index (χ1) is 13.1. The lowest BCUT2D eigenvalue weighted by Crippen LogP contribution is -2.44. The van der Waals surface area contributed by atoms with Crippen LogP contribution in [0.25, 0.3) is 0 Å². The summed E-state index contributed by atoms with van der Waals surface area (Å²) in [5.74, 6) is -0.291. The van der Waals surface area contributed by atoms with E-state index < -0.39 is 0 Å². The van der Waals surface area contributed by atoms with Crippen LogP contribution in [0.5, 0.6) is 0 Å². The van der Waals surface area contributed by atoms with E-state index in [1.54, 1.807) is 12.1 Å². The zero-order valence-corrected chi connectivity index (χ0v) is 15.5. The van der Waals surface area contributed by atoms with Crippen LogP contribution in [0.1, 0.15) is 54.6 Å². The van der Waals surface area contributed by atoms with Crippen LogP contribution < -0.4 is 10.6 Å². The Morgan fingerprint density at radius 2 is 2.11 bits per heavy atom. The smallest absolute Gasteiger partial charge is 0.315 e. The Balaban J connectivity index is 1.48. The number of ether oxygens (including phenoxy) is 1. The van der Waals surface area contributed by atoms with E-state index >= 15 is 0 Å². The van der Waals surface area contributed by atoms with Crippen molar-refractivity contribution < 1.29 is 13.9 Å². The number of carbonyl (C=O) groups is 1. The van der Waals surface area contributed by atoms with Crippen molar-refractivity contribution in [2.24, 2.45) is 7.05 Å². The Morgan fingerprint density at radius 3 is 2.85 bits per heavy atom. The summed E-state index contributed by atoms with van der Waals surface area (Å²) in [6, 6.07) is 5.68. The molecule has 2 heterocycles. The van der Waals surface area contributed by atoms with Gasteiger partial charge in [-0.3, -0.25) is 4.68 Å². The lowest BCUT2D eigenvalue weighted by molar-refractivity contribution is 0.0805. The summed E-state index contributed by atoms with van der Waals surface area (Å²) in [6.07, 6.45) is 6.49. The van der Waals surface area contributed by atoms with Crippen molar-refractivity contribution in [1.82, 2.24) is 20.4 Å². The molecule has 3 atom stereocenters. The number of hydrogen-bond donors (Lipinski definition) is 2. The number of hydrogen-bond acceptors (Lipinski definition) is 3. The first-order valence-electron chi connectivity index (χ1n) is 9.56. The average Bonchev–Trinajstić information content (AvgIpc) is 3.32. The first-order valence-corrected chi connectivity index (χ1v) is 9.56. The first kappa shape index (κ1) is 18.0. The molecule has 0 radical (unpaired) electrons. The molecule has 0 spiro atoms. The molecule has 27 heavy (non-hydrogen) atoms. The fourth-order valence-electron chi connectivity index (χ4n) is 4.12. The Labute approximate surface area is 158 Å². The second-order valence-corrected chi connectivity index (χ2v) is 7.31. The van der Waals surface area contributed by atoms with E-state index in [1.165, 1.54) is 17.8 Å². The normalized spacial score (nSPS) is 22.9. The van der Waals surface area contributed by atoms with Gasteiger partial charge in [-0.15, -0.1) is 0 Å². The third-order valence-corrected chi connectivity index (χ3v) is 5.53. The summed E-state index contributed by atoms with van der Waals surface area (Å²) in [6.45, 7) is 0.688. The molecule has 4 rings (SSSR count). The van der Waals surface area contributed by atoms with Crippen molar-refractivity contribution in [2.45, 2.75) is 50.3 Å². The van der Waals surface area contributed by atoms with Gasteiger partial charge in [0.2, 0.25) is 0 Å². The number of benzene rings is 1. The molecule has 0 bridgehead atoms. The van der Waals surface area contributed by atoms with Crippen LogP contribution in [0.15, 0.2) is 30.5 Å². The minimum absolute atomic E-state index is 0.0409. The molecule has 2 aliphatic rings. The van der Waals surface area contributed by atoms with Crippen LogP contribution in [0, 0.1) is 5.82 Å². The molecule has 1 aromatic carbocycles. The molecule has 1 saturated heterocycles. The van der Waals surface area contributed by atoms with Crippen LogP contribution in [0.3, 0.4) is 0 Å². The van der Waals surface area contributed by atoms with Crippen LogP contribution in [-0.4, -0.2) is 28.5 Å². The molecule has 1 aliphatic carbocycles. The highest BCUT2D eigenvalue weighted by Gasteiger charge is 2.30. The number of halogens is 1. The summed E-state index contributed by atoms with van der Waals surface area (Å²) in [5, 5.41) is 10.5. The zero-order valence-electron chi connectivity index (χ0n) is 15.5. The highest BCUT2D eigenvalue weighted by Crippen LogP contribution is 2.30. The summed E-state index contributed by atoms with van der Waals surface area (Å²) < 4.78 is 21.0. The van der Waals surface area contributed by atoms with Crippen LogP contribution in [0.4, 0.5) is 9.18 Å². The van der Waals surface area contributed by atoms with Crippen molar-refractivity contribution in [3.63, 3.8) is 0 Å². The number of amides is 2. The molecule has 2 aromatic rings. The molecule has 0 unspecified atom stereocenters. The fourth-order valence-corrected chi connectivity index (χ4v) is 4.12. The summed E-state index contributed by atoms with van der Waals surface area (Å²) in [7, 11) is 1.93. The zero-order chi connectivity index (χ0) is 18.8. The lowest BCUT2D eigenvalue weighted by Gasteiger charge is -2.28. The van der Waals surface area contributed by atoms with Crippen LogP contribution in [0.2, 0.25) is 0 Å². The lowest BCUT2D eigenvalue weighted by atomic mass is 9.93. The summed E-state index contributed by atoms with van der Waals surface area (Å²) in [5.41, 5.74) is 3.12. The molecule has 7 heteroatoms. The molecule has 144 valence electrons. The Kier molecular flexibility index (Phi) is 5.11. The molecule has 2 N–H and O–H groups in total. The summed E-state index contributed by atoms with van der Waals surface area (Å²) in [4.78, 5) is 12.8. The molecule has 2 amide bonds. The number of carbonyl (C=O) groups excluding carboxylic acids is 1. The number of nitrogens with zero attached hydrogens (tertiary/aromatic N) is 2. The number of aromatic nitrogens is 2. The van der Waals surface area contributed by atoms with E-state index in [0.717, 1.165) is 43.2 Å². The SMILES string of the molecule is Cn1ncc2c1CCC[C@@H]2NC(=O)N[C@H](c1ccc(F)cc1)[C@H]1CCCO1. The standard InChI is InChI=1S/C20H25FN4O2/c1-25-17-5-2-4-16(15(17)12-22-25)23-20(26)24-19(18-6-3-11-27-18)13-7-9-14(21)10-8-13/h7-10,12,16,18-19H,2-6,11H2,1H3,(H2,23,24,26)/t16-,18+,19+/m0/s1. The van der Waals surface area contributed by atoms with Crippen molar-refractivity contribution >= 4 is 6.03 Å². The van der Waals surface area contributed by atoms with Gasteiger partial charge in [0.15, 0.2) is 0 Å². The molecular weight excluding hydrogens is 347 g/mol. The van der Waals surface area contributed by atoms with E-state index in [9.17, 15) is 9.18 Å². The van der Waals surface area contributed by atoms with Gasteiger partial charge in [-0.2, -0.15) is 5.10 Å². The average molecular weight is 372 g/mol. The van der Waals surface area contributed by atoms with Gasteiger partial charge in [-0.25, -0.2) is 9.18 Å². The van der Waals surface area contributed by atoms with E-state index in [-0.39, 0.29) is 30.0 Å². The third kappa shape index (κ3) is 3.83. The van der Waals surface area contributed by atoms with Gasteiger partial charge in [-0.05, 0) is 49.8 Å². The van der Waals surface area contributed by atoms with E-state index in [4.69, 9.17) is 4.74 Å². The third-order valence-electron chi connectivity index (χ3n) is 5.53. The molecule has 1 aromatic heterocycles. The topological polar surface area (TPSA) is 68.2 Å². The van der Waals surface area contributed by atoms with Crippen molar-refractivity contribution in [3.05, 3.63) is 53.1 Å². The maximum Gasteiger partial charge on any atom is 0.315 e. The van der Waals surface area contributed by atoms with Crippen LogP contribution in [-0.2, 0) is 18.2 Å². The van der Waals surface area contributed by atoms with Crippen LogP contribution >= 0.6 is 0 Å². The van der Waals surface area contributed by atoms with Gasteiger partial charge in [-0.1, -0.05) is 12.1 Å². The summed E-state index contributed by atoms with van der Waals surface area (Å²) >= 11 is 0. The minimum Gasteiger partial charge on any atom is -0.376 e. The predicted octanol–water partition coefficient (Wildman–Crippen LogP) is 3.16. The Morgan fingerprint density at radius 1 is 1.30 bits per heavy atom. The van der Waals surface area contributed by atoms with E-state index in [1.807, 2.05) is 17.9 Å². The maximum atomic E-state index is 13.3. The van der Waals surface area contributed by atoms with Crippen molar-refractivity contribution in [2.75, 3.05) is 6.61 Å². The van der Waals surface area contributed by atoms with E-state index in [2.05, 4.69) is 15.7 Å². The number of fused-ring (bicyclic) bond motifs is 1. The van der Waals surface area contributed by atoms with E-state index in [0.29, 0.717) is 6.61 Å². The molecule has 1 aliphatic heterocycles.